The van der Waals surface area contributed by atoms with Crippen molar-refractivity contribution in [3.8, 4) is 0 Å². The van der Waals surface area contributed by atoms with Crippen LogP contribution in [-0.4, -0.2) is 21.7 Å². The maximum atomic E-state index is 14.4. The van der Waals surface area contributed by atoms with E-state index < -0.39 is 12.0 Å². The number of carbonyl (C=O) groups excluding carboxylic acids is 1. The monoisotopic (exact) mass is 671 g/mol. The first-order valence-electron chi connectivity index (χ1n) is 15.3. The molecular formula is C37H35Cl2N3O3S. The second kappa shape index (κ2) is 12.7. The van der Waals surface area contributed by atoms with Crippen molar-refractivity contribution in [1.29, 1.82) is 0 Å². The molecule has 0 unspecified atom stereocenters. The molecule has 0 fully saturated rings. The van der Waals surface area contributed by atoms with Crippen LogP contribution in [0.2, 0.25) is 10.0 Å². The molecule has 3 aromatic carbocycles. The lowest BCUT2D eigenvalue weighted by Gasteiger charge is -2.25. The van der Waals surface area contributed by atoms with Gasteiger partial charge in [0.1, 0.15) is 0 Å². The van der Waals surface area contributed by atoms with Crippen LogP contribution in [0.1, 0.15) is 73.2 Å². The van der Waals surface area contributed by atoms with E-state index in [0.717, 1.165) is 38.9 Å². The van der Waals surface area contributed by atoms with Crippen LogP contribution in [0, 0.1) is 13.8 Å². The van der Waals surface area contributed by atoms with Crippen molar-refractivity contribution >= 4 is 57.5 Å². The van der Waals surface area contributed by atoms with E-state index in [1.807, 2.05) is 36.4 Å². The quantitative estimate of drug-likeness (QED) is 0.166. The zero-order chi connectivity index (χ0) is 32.9. The fourth-order valence-corrected chi connectivity index (χ4v) is 7.74. The van der Waals surface area contributed by atoms with Crippen LogP contribution in [0.15, 0.2) is 81.7 Å². The van der Waals surface area contributed by atoms with Crippen molar-refractivity contribution in [3.05, 3.63) is 135 Å². The van der Waals surface area contributed by atoms with Gasteiger partial charge in [-0.15, -0.1) is 0 Å². The van der Waals surface area contributed by atoms with E-state index in [1.54, 1.807) is 24.5 Å². The molecule has 0 bridgehead atoms. The van der Waals surface area contributed by atoms with Gasteiger partial charge in [0, 0.05) is 33.2 Å². The summed E-state index contributed by atoms with van der Waals surface area (Å²) >= 11 is 14.1. The highest BCUT2D eigenvalue weighted by atomic mass is 35.5. The second-order valence-corrected chi connectivity index (χ2v) is 13.8. The van der Waals surface area contributed by atoms with E-state index in [0.29, 0.717) is 43.1 Å². The van der Waals surface area contributed by atoms with Gasteiger partial charge in [-0.1, -0.05) is 96.9 Å². The molecule has 3 heterocycles. The van der Waals surface area contributed by atoms with E-state index in [1.165, 1.54) is 16.9 Å². The van der Waals surface area contributed by atoms with Crippen LogP contribution in [0.5, 0.6) is 0 Å². The molecule has 0 amide bonds. The van der Waals surface area contributed by atoms with Gasteiger partial charge >= 0.3 is 5.97 Å². The third-order valence-electron chi connectivity index (χ3n) is 8.65. The van der Waals surface area contributed by atoms with Crippen molar-refractivity contribution in [2.45, 2.75) is 60.0 Å². The number of aryl methyl sites for hydroxylation is 1. The van der Waals surface area contributed by atoms with Gasteiger partial charge in [-0.3, -0.25) is 9.36 Å². The molecule has 1 atom stereocenters. The number of fused-ring (bicyclic) bond motifs is 2. The summed E-state index contributed by atoms with van der Waals surface area (Å²) in [4.78, 5) is 33.0. The molecule has 46 heavy (non-hydrogen) atoms. The highest BCUT2D eigenvalue weighted by molar-refractivity contribution is 7.07. The number of benzene rings is 3. The minimum atomic E-state index is -0.657. The Labute approximate surface area is 281 Å². The van der Waals surface area contributed by atoms with Crippen LogP contribution in [-0.2, 0) is 16.1 Å². The summed E-state index contributed by atoms with van der Waals surface area (Å²) in [5, 5.41) is 2.23. The Morgan fingerprint density at radius 3 is 2.48 bits per heavy atom. The third kappa shape index (κ3) is 5.65. The Morgan fingerprint density at radius 1 is 1.07 bits per heavy atom. The Bertz CT molecular complexity index is 2220. The van der Waals surface area contributed by atoms with Crippen molar-refractivity contribution in [2.24, 2.45) is 4.99 Å². The van der Waals surface area contributed by atoms with Crippen molar-refractivity contribution in [3.63, 3.8) is 0 Å². The summed E-state index contributed by atoms with van der Waals surface area (Å²) in [6.07, 6.45) is 1.96. The zero-order valence-electron chi connectivity index (χ0n) is 26.7. The summed E-state index contributed by atoms with van der Waals surface area (Å²) in [6.45, 7) is 12.8. The van der Waals surface area contributed by atoms with Crippen LogP contribution < -0.4 is 14.9 Å². The van der Waals surface area contributed by atoms with Gasteiger partial charge in [0.05, 0.1) is 34.0 Å². The summed E-state index contributed by atoms with van der Waals surface area (Å²) in [5.74, 6) is -0.117. The van der Waals surface area contributed by atoms with Gasteiger partial charge in [0.15, 0.2) is 4.80 Å². The molecule has 1 aliphatic rings. The highest BCUT2D eigenvalue weighted by Crippen LogP contribution is 2.33. The first-order chi connectivity index (χ1) is 22.0. The van der Waals surface area contributed by atoms with Crippen LogP contribution in [0.25, 0.3) is 17.0 Å². The molecule has 0 saturated heterocycles. The van der Waals surface area contributed by atoms with Crippen LogP contribution in [0.4, 0.5) is 0 Å². The Balaban J connectivity index is 1.55. The number of hydrogen-bond donors (Lipinski definition) is 0. The lowest BCUT2D eigenvalue weighted by atomic mass is 9.93. The molecule has 0 radical (unpaired) electrons. The van der Waals surface area contributed by atoms with Gasteiger partial charge in [0.25, 0.3) is 5.56 Å². The average Bonchev–Trinajstić information content (AvgIpc) is 3.46. The number of nitrogens with zero attached hydrogens (tertiary/aromatic N) is 3. The van der Waals surface area contributed by atoms with Crippen molar-refractivity contribution in [1.82, 2.24) is 9.13 Å². The van der Waals surface area contributed by atoms with Crippen LogP contribution >= 0.6 is 34.5 Å². The average molecular weight is 673 g/mol. The number of allylic oxidation sites excluding steroid dienone is 1. The predicted octanol–water partition coefficient (Wildman–Crippen LogP) is 7.85. The number of ether oxygens (including phenoxy) is 1. The summed E-state index contributed by atoms with van der Waals surface area (Å²) in [6, 6.07) is 19.2. The molecule has 0 spiro atoms. The normalized spacial score (nSPS) is 15.1. The Kier molecular flexibility index (Phi) is 8.85. The van der Waals surface area contributed by atoms with Gasteiger partial charge in [0.2, 0.25) is 0 Å². The minimum absolute atomic E-state index is 0.204. The zero-order valence-corrected chi connectivity index (χ0v) is 29.0. The van der Waals surface area contributed by atoms with Gasteiger partial charge < -0.3 is 9.30 Å². The standard InChI is InChI=1S/C37H35Cl2N3O3S/c1-7-45-36(44)32-22(5)40-37-42(34(32)25-13-11-24(12-14-25)20(2)3)35(43)31(46-37)18-29-23(6)41(33-21(4)9-8-10-28(29)33)19-26-15-16-27(38)17-30(26)39/h8-18,20,34H,7,19H2,1-6H3/b31-18-/t34-/m0/s1. The first-order valence-corrected chi connectivity index (χ1v) is 16.9. The number of thiazole rings is 1. The van der Waals surface area contributed by atoms with E-state index in [9.17, 15) is 9.59 Å². The summed E-state index contributed by atoms with van der Waals surface area (Å²) < 4.78 is 9.89. The molecule has 0 saturated carbocycles. The summed E-state index contributed by atoms with van der Waals surface area (Å²) in [7, 11) is 0. The van der Waals surface area contributed by atoms with Gasteiger partial charge in [-0.2, -0.15) is 0 Å². The van der Waals surface area contributed by atoms with Crippen LogP contribution in [0.3, 0.4) is 0 Å². The number of rotatable bonds is 7. The van der Waals surface area contributed by atoms with Crippen molar-refractivity contribution in [2.75, 3.05) is 6.61 Å². The third-order valence-corrected chi connectivity index (χ3v) is 10.2. The van der Waals surface area contributed by atoms with Gasteiger partial charge in [-0.25, -0.2) is 9.79 Å². The highest BCUT2D eigenvalue weighted by Gasteiger charge is 2.33. The molecule has 9 heteroatoms. The molecule has 6 nitrogen and oxygen atoms in total. The maximum absolute atomic E-state index is 14.4. The number of esters is 1. The lowest BCUT2D eigenvalue weighted by Crippen LogP contribution is -2.40. The predicted molar refractivity (Wildman–Crippen MR) is 188 cm³/mol. The molecule has 236 valence electrons. The number of halogens is 2. The number of para-hydroxylation sites is 1. The fourth-order valence-electron chi connectivity index (χ4n) is 6.24. The maximum Gasteiger partial charge on any atom is 0.338 e. The molecule has 6 rings (SSSR count). The van der Waals surface area contributed by atoms with E-state index in [4.69, 9.17) is 32.9 Å². The van der Waals surface area contributed by atoms with E-state index >= 15 is 0 Å². The summed E-state index contributed by atoms with van der Waals surface area (Å²) in [5.41, 5.74) is 7.83. The molecule has 2 aromatic heterocycles. The first kappa shape index (κ1) is 32.0. The number of carbonyl (C=O) groups is 1. The molecule has 0 N–H and O–H groups in total. The largest absolute Gasteiger partial charge is 0.463 e. The lowest BCUT2D eigenvalue weighted by molar-refractivity contribution is -0.139. The molecular weight excluding hydrogens is 637 g/mol. The SMILES string of the molecule is CCOC(=O)C1=C(C)N=c2s/c(=C\c3c(C)n(Cc4ccc(Cl)cc4Cl)c4c(C)cccc34)c(=O)n2[C@H]1c1ccc(C(C)C)cc1. The molecule has 0 aliphatic carbocycles. The number of hydrogen-bond acceptors (Lipinski definition) is 5. The Morgan fingerprint density at radius 2 is 1.80 bits per heavy atom. The second-order valence-electron chi connectivity index (χ2n) is 11.9. The topological polar surface area (TPSA) is 65.6 Å². The Hall–Kier alpha value is -3.91. The minimum Gasteiger partial charge on any atom is -0.463 e. The smallest absolute Gasteiger partial charge is 0.338 e. The van der Waals surface area contributed by atoms with Gasteiger partial charge in [-0.05, 0) is 74.1 Å². The molecule has 5 aromatic rings. The van der Waals surface area contributed by atoms with E-state index in [2.05, 4.69) is 56.5 Å². The van der Waals surface area contributed by atoms with Crippen molar-refractivity contribution < 1.29 is 9.53 Å². The number of aromatic nitrogens is 2. The van der Waals surface area contributed by atoms with E-state index in [-0.39, 0.29) is 12.2 Å². The fraction of sp³-hybridized carbons (Fsp3) is 0.270. The molecule has 1 aliphatic heterocycles.